The molecule has 0 aliphatic carbocycles. The summed E-state index contributed by atoms with van der Waals surface area (Å²) in [5.74, 6) is 0.679. The van der Waals surface area contributed by atoms with Gasteiger partial charge in [-0.15, -0.1) is 5.10 Å². The van der Waals surface area contributed by atoms with E-state index in [2.05, 4.69) is 15.6 Å². The van der Waals surface area contributed by atoms with Gasteiger partial charge in [0.1, 0.15) is 5.69 Å². The Bertz CT molecular complexity index is 256. The zero-order chi connectivity index (χ0) is 8.39. The maximum atomic E-state index is 8.73. The summed E-state index contributed by atoms with van der Waals surface area (Å²) in [7, 11) is 0. The van der Waals surface area contributed by atoms with Crippen molar-refractivity contribution in [2.24, 2.45) is 5.92 Å². The first-order valence-corrected chi connectivity index (χ1v) is 4.09. The van der Waals surface area contributed by atoms with Crippen molar-refractivity contribution in [1.82, 2.24) is 20.3 Å². The first kappa shape index (κ1) is 7.70. The summed E-state index contributed by atoms with van der Waals surface area (Å²) in [5.41, 5.74) is 0.641. The average Bonchev–Trinajstić information content (AvgIpc) is 2.44. The predicted molar refractivity (Wildman–Crippen MR) is 42.3 cm³/mol. The number of rotatable bonds is 3. The molecule has 0 radical (unpaired) electrons. The largest absolute Gasteiger partial charge is 0.390 e. The van der Waals surface area contributed by atoms with Crippen molar-refractivity contribution in [3.8, 4) is 0 Å². The number of aliphatic hydroxyl groups is 1. The lowest BCUT2D eigenvalue weighted by Crippen LogP contribution is -2.44. The van der Waals surface area contributed by atoms with E-state index in [9.17, 15) is 0 Å². The van der Waals surface area contributed by atoms with Crippen LogP contribution in [0.1, 0.15) is 5.69 Å². The van der Waals surface area contributed by atoms with Gasteiger partial charge in [0.25, 0.3) is 0 Å². The van der Waals surface area contributed by atoms with Crippen LogP contribution in [0.3, 0.4) is 0 Å². The second-order valence-electron chi connectivity index (χ2n) is 3.11. The third kappa shape index (κ3) is 1.46. The van der Waals surface area contributed by atoms with E-state index in [1.807, 2.05) is 0 Å². The van der Waals surface area contributed by atoms with Crippen LogP contribution in [0.4, 0.5) is 0 Å². The molecule has 1 aromatic heterocycles. The highest BCUT2D eigenvalue weighted by molar-refractivity contribution is 4.89. The fraction of sp³-hybridized carbons (Fsp3) is 0.714. The molecular formula is C7H12N4O. The molecule has 0 amide bonds. The van der Waals surface area contributed by atoms with Crippen molar-refractivity contribution in [2.75, 3.05) is 13.1 Å². The van der Waals surface area contributed by atoms with Gasteiger partial charge in [0.2, 0.25) is 0 Å². The highest BCUT2D eigenvalue weighted by atomic mass is 16.3. The van der Waals surface area contributed by atoms with Crippen molar-refractivity contribution < 1.29 is 5.11 Å². The summed E-state index contributed by atoms with van der Waals surface area (Å²) >= 11 is 0. The molecule has 2 heterocycles. The smallest absolute Gasteiger partial charge is 0.108 e. The van der Waals surface area contributed by atoms with E-state index in [0.29, 0.717) is 11.6 Å². The van der Waals surface area contributed by atoms with Gasteiger partial charge in [0.15, 0.2) is 0 Å². The van der Waals surface area contributed by atoms with Crippen LogP contribution in [0.15, 0.2) is 6.20 Å². The van der Waals surface area contributed by atoms with Gasteiger partial charge in [-0.05, 0) is 0 Å². The van der Waals surface area contributed by atoms with Gasteiger partial charge < -0.3 is 10.4 Å². The lowest BCUT2D eigenvalue weighted by molar-refractivity contribution is 0.276. The zero-order valence-electron chi connectivity index (χ0n) is 6.77. The van der Waals surface area contributed by atoms with Gasteiger partial charge in [0.05, 0.1) is 12.8 Å². The number of nitrogens with zero attached hydrogens (tertiary/aromatic N) is 3. The topological polar surface area (TPSA) is 63.0 Å². The molecule has 1 aromatic rings. The highest BCUT2D eigenvalue weighted by Gasteiger charge is 2.17. The van der Waals surface area contributed by atoms with Crippen LogP contribution in [0, 0.1) is 5.92 Å². The van der Waals surface area contributed by atoms with Crippen molar-refractivity contribution in [3.05, 3.63) is 11.9 Å². The molecule has 0 saturated carbocycles. The molecule has 5 heteroatoms. The van der Waals surface area contributed by atoms with Crippen molar-refractivity contribution in [1.29, 1.82) is 0 Å². The molecule has 2 N–H and O–H groups in total. The van der Waals surface area contributed by atoms with E-state index in [1.165, 1.54) is 0 Å². The molecule has 0 spiro atoms. The summed E-state index contributed by atoms with van der Waals surface area (Å²) in [6.45, 7) is 3.01. The second-order valence-corrected chi connectivity index (χ2v) is 3.11. The Hall–Kier alpha value is -0.940. The normalized spacial score (nSPS) is 17.8. The van der Waals surface area contributed by atoms with Gasteiger partial charge in [-0.1, -0.05) is 5.21 Å². The minimum atomic E-state index is -0.0249. The molecule has 0 aromatic carbocycles. The molecular weight excluding hydrogens is 156 g/mol. The molecule has 5 nitrogen and oxygen atoms in total. The summed E-state index contributed by atoms with van der Waals surface area (Å²) in [5, 5.41) is 19.6. The van der Waals surface area contributed by atoms with E-state index in [4.69, 9.17) is 5.11 Å². The SMILES string of the molecule is OCc1cn(CC2CNC2)nn1. The Morgan fingerprint density at radius 2 is 2.50 bits per heavy atom. The van der Waals surface area contributed by atoms with Gasteiger partial charge in [-0.25, -0.2) is 0 Å². The first-order valence-electron chi connectivity index (χ1n) is 4.09. The van der Waals surface area contributed by atoms with E-state index in [0.717, 1.165) is 19.6 Å². The van der Waals surface area contributed by atoms with Crippen LogP contribution >= 0.6 is 0 Å². The lowest BCUT2D eigenvalue weighted by atomic mass is 10.0. The lowest BCUT2D eigenvalue weighted by Gasteiger charge is -2.26. The van der Waals surface area contributed by atoms with E-state index >= 15 is 0 Å². The molecule has 1 aliphatic heterocycles. The van der Waals surface area contributed by atoms with Gasteiger partial charge in [-0.2, -0.15) is 0 Å². The summed E-state index contributed by atoms with van der Waals surface area (Å²) in [6, 6.07) is 0. The monoisotopic (exact) mass is 168 g/mol. The maximum Gasteiger partial charge on any atom is 0.108 e. The zero-order valence-corrected chi connectivity index (χ0v) is 6.77. The van der Waals surface area contributed by atoms with Gasteiger partial charge >= 0.3 is 0 Å². The number of aliphatic hydroxyl groups excluding tert-OH is 1. The van der Waals surface area contributed by atoms with Gasteiger partial charge in [0, 0.05) is 25.6 Å². The Labute approximate surface area is 70.4 Å². The standard InChI is InChI=1S/C7H12N4O/c12-5-7-4-11(10-9-7)3-6-1-8-2-6/h4,6,8,12H,1-3,5H2. The number of nitrogens with one attached hydrogen (secondary N) is 1. The van der Waals surface area contributed by atoms with Crippen LogP contribution < -0.4 is 5.32 Å². The van der Waals surface area contributed by atoms with Crippen LogP contribution in [-0.2, 0) is 13.2 Å². The minimum absolute atomic E-state index is 0.0249. The Morgan fingerprint density at radius 3 is 3.00 bits per heavy atom. The Balaban J connectivity index is 1.93. The molecule has 0 bridgehead atoms. The molecule has 0 atom stereocenters. The Morgan fingerprint density at radius 1 is 1.67 bits per heavy atom. The number of hydrogen-bond acceptors (Lipinski definition) is 4. The minimum Gasteiger partial charge on any atom is -0.390 e. The Kier molecular flexibility index (Phi) is 2.05. The number of aromatic nitrogens is 3. The maximum absolute atomic E-state index is 8.73. The molecule has 1 aliphatic rings. The van der Waals surface area contributed by atoms with Crippen LogP contribution in [0.5, 0.6) is 0 Å². The first-order chi connectivity index (χ1) is 5.88. The quantitative estimate of drug-likeness (QED) is 0.607. The molecule has 12 heavy (non-hydrogen) atoms. The molecule has 2 rings (SSSR count). The fourth-order valence-electron chi connectivity index (χ4n) is 1.24. The molecule has 1 fully saturated rings. The van der Waals surface area contributed by atoms with Crippen LogP contribution in [0.25, 0.3) is 0 Å². The van der Waals surface area contributed by atoms with Gasteiger partial charge in [-0.3, -0.25) is 4.68 Å². The second kappa shape index (κ2) is 3.20. The third-order valence-corrected chi connectivity index (χ3v) is 2.06. The molecule has 66 valence electrons. The predicted octanol–water partition coefficient (Wildman–Crippen LogP) is -1.01. The summed E-state index contributed by atoms with van der Waals surface area (Å²) < 4.78 is 1.79. The summed E-state index contributed by atoms with van der Waals surface area (Å²) in [6.07, 6.45) is 1.79. The number of hydrogen-bond donors (Lipinski definition) is 2. The van der Waals surface area contributed by atoms with Crippen molar-refractivity contribution in [3.63, 3.8) is 0 Å². The van der Waals surface area contributed by atoms with Crippen molar-refractivity contribution in [2.45, 2.75) is 13.2 Å². The average molecular weight is 168 g/mol. The van der Waals surface area contributed by atoms with Crippen LogP contribution in [0.2, 0.25) is 0 Å². The molecule has 0 unspecified atom stereocenters. The van der Waals surface area contributed by atoms with Crippen molar-refractivity contribution >= 4 is 0 Å². The third-order valence-electron chi connectivity index (χ3n) is 2.06. The highest BCUT2D eigenvalue weighted by Crippen LogP contribution is 2.05. The summed E-state index contributed by atoms with van der Waals surface area (Å²) in [4.78, 5) is 0. The fourth-order valence-corrected chi connectivity index (χ4v) is 1.24. The molecule has 1 saturated heterocycles. The van der Waals surface area contributed by atoms with E-state index in [-0.39, 0.29) is 6.61 Å². The van der Waals surface area contributed by atoms with E-state index < -0.39 is 0 Å². The van der Waals surface area contributed by atoms with E-state index in [1.54, 1.807) is 10.9 Å². The van der Waals surface area contributed by atoms with Crippen LogP contribution in [-0.4, -0.2) is 33.2 Å².